The van der Waals surface area contributed by atoms with Gasteiger partial charge in [0.25, 0.3) is 0 Å². The maximum Gasteiger partial charge on any atom is 0.250 e. The minimum Gasteiger partial charge on any atom is -0.366 e. The van der Waals surface area contributed by atoms with E-state index in [1.165, 1.54) is 17.4 Å². The second-order valence-electron chi connectivity index (χ2n) is 1.68. The smallest absolute Gasteiger partial charge is 0.250 e. The second-order valence-corrected chi connectivity index (χ2v) is 2.63. The Hall–Kier alpha value is -1.16. The molecule has 0 saturated heterocycles. The molecule has 0 aliphatic heterocycles. The van der Waals surface area contributed by atoms with Crippen LogP contribution in [0.3, 0.4) is 0 Å². The highest BCUT2D eigenvalue weighted by Gasteiger charge is 2.06. The molecule has 3 nitrogen and oxygen atoms in total. The lowest BCUT2D eigenvalue weighted by Gasteiger charge is -1.87. The summed E-state index contributed by atoms with van der Waals surface area (Å²) in [5.74, 6) is -0.552. The van der Waals surface area contributed by atoms with E-state index in [9.17, 15) is 9.59 Å². The molecule has 0 bridgehead atoms. The highest BCUT2D eigenvalue weighted by molar-refractivity contribution is 7.12. The van der Waals surface area contributed by atoms with Crippen LogP contribution < -0.4 is 5.73 Å². The lowest BCUT2D eigenvalue weighted by atomic mass is 10.2. The van der Waals surface area contributed by atoms with Crippen LogP contribution in [0.2, 0.25) is 0 Å². The number of nitrogens with two attached hydrogens (primary N) is 1. The molecule has 0 fully saturated rings. The monoisotopic (exact) mass is 155 g/mol. The summed E-state index contributed by atoms with van der Waals surface area (Å²) in [5, 5.41) is 1.66. The third-order valence-electron chi connectivity index (χ3n) is 1.07. The Kier molecular flexibility index (Phi) is 1.82. The van der Waals surface area contributed by atoms with Gasteiger partial charge >= 0.3 is 0 Å². The Morgan fingerprint density at radius 3 is 2.80 bits per heavy atom. The van der Waals surface area contributed by atoms with Crippen LogP contribution in [0.25, 0.3) is 0 Å². The van der Waals surface area contributed by atoms with E-state index in [1.807, 2.05) is 0 Å². The van der Waals surface area contributed by atoms with Crippen molar-refractivity contribution >= 4 is 23.5 Å². The van der Waals surface area contributed by atoms with E-state index in [0.29, 0.717) is 16.7 Å². The highest BCUT2D eigenvalue weighted by Crippen LogP contribution is 2.12. The minimum atomic E-state index is -0.552. The van der Waals surface area contributed by atoms with Crippen LogP contribution >= 0.6 is 11.3 Å². The van der Waals surface area contributed by atoms with Crippen LogP contribution in [0.5, 0.6) is 0 Å². The molecule has 0 aliphatic carbocycles. The van der Waals surface area contributed by atoms with Gasteiger partial charge in [-0.15, -0.1) is 11.3 Å². The molecule has 52 valence electrons. The van der Waals surface area contributed by atoms with Gasteiger partial charge in [0.1, 0.15) is 0 Å². The molecule has 0 spiro atoms. The van der Waals surface area contributed by atoms with Crippen molar-refractivity contribution in [1.29, 1.82) is 0 Å². The number of carbonyl (C=O) groups excluding carboxylic acids is 2. The summed E-state index contributed by atoms with van der Waals surface area (Å²) in [6.45, 7) is 0. The van der Waals surface area contributed by atoms with Crippen LogP contribution in [0.1, 0.15) is 20.0 Å². The molecular weight excluding hydrogens is 150 g/mol. The SMILES string of the molecule is NC(=O)c1ccsc1C=O. The Morgan fingerprint density at radius 2 is 2.40 bits per heavy atom. The average molecular weight is 155 g/mol. The zero-order valence-electron chi connectivity index (χ0n) is 5.03. The fourth-order valence-electron chi connectivity index (χ4n) is 0.616. The predicted octanol–water partition coefficient (Wildman–Crippen LogP) is 0.660. The number of hydrogen-bond donors (Lipinski definition) is 1. The van der Waals surface area contributed by atoms with Gasteiger partial charge in [-0.05, 0) is 11.4 Å². The molecule has 1 aromatic rings. The molecule has 1 aromatic heterocycles. The summed E-state index contributed by atoms with van der Waals surface area (Å²) < 4.78 is 0. The van der Waals surface area contributed by atoms with E-state index < -0.39 is 5.91 Å². The molecule has 1 rings (SSSR count). The zero-order chi connectivity index (χ0) is 7.56. The van der Waals surface area contributed by atoms with Gasteiger partial charge in [0.2, 0.25) is 5.91 Å². The van der Waals surface area contributed by atoms with Crippen molar-refractivity contribution in [2.75, 3.05) is 0 Å². The van der Waals surface area contributed by atoms with Crippen molar-refractivity contribution in [1.82, 2.24) is 0 Å². The molecule has 0 radical (unpaired) electrons. The van der Waals surface area contributed by atoms with Gasteiger partial charge in [-0.2, -0.15) is 0 Å². The Bertz CT molecular complexity index is 266. The fraction of sp³-hybridized carbons (Fsp3) is 0. The van der Waals surface area contributed by atoms with Gasteiger partial charge < -0.3 is 5.73 Å². The number of thiophene rings is 1. The molecule has 1 heterocycles. The van der Waals surface area contributed by atoms with Crippen molar-refractivity contribution < 1.29 is 9.59 Å². The molecular formula is C6H5NO2S. The first kappa shape index (κ1) is 6.95. The van der Waals surface area contributed by atoms with Gasteiger partial charge in [-0.25, -0.2) is 0 Å². The molecule has 10 heavy (non-hydrogen) atoms. The van der Waals surface area contributed by atoms with Gasteiger partial charge in [-0.3, -0.25) is 9.59 Å². The standard InChI is InChI=1S/C6H5NO2S/c7-6(9)4-1-2-10-5(4)3-8/h1-3H,(H2,7,9). The summed E-state index contributed by atoms with van der Waals surface area (Å²) in [6, 6.07) is 1.54. The molecule has 4 heteroatoms. The normalized spacial score (nSPS) is 9.20. The maximum atomic E-state index is 10.5. The van der Waals surface area contributed by atoms with E-state index in [4.69, 9.17) is 5.73 Å². The number of amides is 1. The van der Waals surface area contributed by atoms with E-state index in [2.05, 4.69) is 0 Å². The van der Waals surface area contributed by atoms with Crippen molar-refractivity contribution in [2.24, 2.45) is 5.73 Å². The van der Waals surface area contributed by atoms with Crippen LogP contribution in [-0.4, -0.2) is 12.2 Å². The number of aldehydes is 1. The largest absolute Gasteiger partial charge is 0.366 e. The predicted molar refractivity (Wildman–Crippen MR) is 38.2 cm³/mol. The van der Waals surface area contributed by atoms with Crippen LogP contribution in [-0.2, 0) is 0 Å². The lowest BCUT2D eigenvalue weighted by molar-refractivity contribution is 0.0994. The van der Waals surface area contributed by atoms with E-state index >= 15 is 0 Å². The first-order chi connectivity index (χ1) is 4.75. The zero-order valence-corrected chi connectivity index (χ0v) is 5.85. The van der Waals surface area contributed by atoms with Gasteiger partial charge in [0, 0.05) is 0 Å². The van der Waals surface area contributed by atoms with E-state index in [0.717, 1.165) is 0 Å². The van der Waals surface area contributed by atoms with Crippen molar-refractivity contribution in [2.45, 2.75) is 0 Å². The second kappa shape index (κ2) is 2.62. The Labute approximate surface area is 61.5 Å². The molecule has 1 amide bonds. The van der Waals surface area contributed by atoms with Crippen molar-refractivity contribution in [3.63, 3.8) is 0 Å². The fourth-order valence-corrected chi connectivity index (χ4v) is 1.32. The summed E-state index contributed by atoms with van der Waals surface area (Å²) in [7, 11) is 0. The van der Waals surface area contributed by atoms with E-state index in [1.54, 1.807) is 5.38 Å². The molecule has 2 N–H and O–H groups in total. The van der Waals surface area contributed by atoms with E-state index in [-0.39, 0.29) is 0 Å². The first-order valence-corrected chi connectivity index (χ1v) is 3.46. The summed E-state index contributed by atoms with van der Waals surface area (Å²) in [6.07, 6.45) is 0.630. The Balaban J connectivity index is 3.13. The number of rotatable bonds is 2. The van der Waals surface area contributed by atoms with Crippen LogP contribution in [0.4, 0.5) is 0 Å². The topological polar surface area (TPSA) is 60.2 Å². The third kappa shape index (κ3) is 1.06. The van der Waals surface area contributed by atoms with Crippen molar-refractivity contribution in [3.8, 4) is 0 Å². The number of carbonyl (C=O) groups is 2. The molecule has 0 atom stereocenters. The third-order valence-corrected chi connectivity index (χ3v) is 1.91. The Morgan fingerprint density at radius 1 is 1.70 bits per heavy atom. The summed E-state index contributed by atoms with van der Waals surface area (Å²) >= 11 is 1.21. The molecule has 0 unspecified atom stereocenters. The quantitative estimate of drug-likeness (QED) is 0.638. The highest BCUT2D eigenvalue weighted by atomic mass is 32.1. The molecule has 0 saturated carbocycles. The minimum absolute atomic E-state index is 0.306. The lowest BCUT2D eigenvalue weighted by Crippen LogP contribution is -2.11. The number of primary amides is 1. The average Bonchev–Trinajstić information content (AvgIpc) is 2.33. The van der Waals surface area contributed by atoms with Crippen LogP contribution in [0, 0.1) is 0 Å². The first-order valence-electron chi connectivity index (χ1n) is 2.58. The van der Waals surface area contributed by atoms with Crippen molar-refractivity contribution in [3.05, 3.63) is 21.9 Å². The summed E-state index contributed by atoms with van der Waals surface area (Å²) in [4.78, 5) is 21.1. The summed E-state index contributed by atoms with van der Waals surface area (Å²) in [5.41, 5.74) is 5.25. The number of hydrogen-bond acceptors (Lipinski definition) is 3. The van der Waals surface area contributed by atoms with Gasteiger partial charge in [0.15, 0.2) is 6.29 Å². The molecule has 0 aliphatic rings. The molecule has 0 aromatic carbocycles. The van der Waals surface area contributed by atoms with Crippen LogP contribution in [0.15, 0.2) is 11.4 Å². The van der Waals surface area contributed by atoms with Gasteiger partial charge in [0.05, 0.1) is 10.4 Å². The van der Waals surface area contributed by atoms with Gasteiger partial charge in [-0.1, -0.05) is 0 Å². The maximum absolute atomic E-state index is 10.5.